The summed E-state index contributed by atoms with van der Waals surface area (Å²) in [4.78, 5) is 32.8. The lowest BCUT2D eigenvalue weighted by Crippen LogP contribution is -2.36. The number of carbonyl (C=O) groups is 1. The highest BCUT2D eigenvalue weighted by Crippen LogP contribution is 2.21. The van der Waals surface area contributed by atoms with Crippen molar-refractivity contribution >= 4 is 28.6 Å². The molecule has 26 heavy (non-hydrogen) atoms. The van der Waals surface area contributed by atoms with Gasteiger partial charge in [0, 0.05) is 31.3 Å². The summed E-state index contributed by atoms with van der Waals surface area (Å²) in [6.45, 7) is 6.65. The van der Waals surface area contributed by atoms with Crippen LogP contribution in [0.3, 0.4) is 0 Å². The summed E-state index contributed by atoms with van der Waals surface area (Å²) in [6, 6.07) is 4.42. The van der Waals surface area contributed by atoms with Crippen LogP contribution >= 0.6 is 0 Å². The van der Waals surface area contributed by atoms with Crippen molar-refractivity contribution in [3.8, 4) is 0 Å². The molecule has 3 rings (SSSR count). The molecule has 1 aromatic carbocycles. The molecular weight excluding hydrogens is 338 g/mol. The number of hydrogen-bond donors (Lipinski definition) is 1. The molecule has 138 valence electrons. The first kappa shape index (κ1) is 17.8. The van der Waals surface area contributed by atoms with Crippen molar-refractivity contribution in [2.24, 2.45) is 0 Å². The van der Waals surface area contributed by atoms with Gasteiger partial charge in [-0.15, -0.1) is 0 Å². The van der Waals surface area contributed by atoms with E-state index in [1.807, 2.05) is 20.8 Å². The third-order valence-electron chi connectivity index (χ3n) is 3.93. The van der Waals surface area contributed by atoms with Crippen LogP contribution in [0.25, 0.3) is 11.0 Å². The Balaban J connectivity index is 1.65. The number of anilines is 1. The Bertz CT molecular complexity index is 849. The number of likely N-dealkylation sites (tertiary alicyclic amines) is 1. The summed E-state index contributed by atoms with van der Waals surface area (Å²) in [5.41, 5.74) is 0.500. The zero-order valence-electron chi connectivity index (χ0n) is 14.9. The Morgan fingerprint density at radius 3 is 2.85 bits per heavy atom. The molecule has 1 N–H and O–H groups in total. The number of amides is 1. The number of non-ortho nitro benzene ring substituents is 1. The number of nitro groups is 1. The third-order valence-corrected chi connectivity index (χ3v) is 3.93. The first-order valence-corrected chi connectivity index (χ1v) is 8.37. The van der Waals surface area contributed by atoms with Crippen LogP contribution in [0.1, 0.15) is 27.2 Å². The number of fused-ring (bicyclic) bond motifs is 1. The normalized spacial score (nSPS) is 17.3. The molecule has 1 aliphatic rings. The number of ether oxygens (including phenoxy) is 1. The van der Waals surface area contributed by atoms with E-state index < -0.39 is 10.5 Å². The Hall–Kier alpha value is -2.97. The van der Waals surface area contributed by atoms with Crippen molar-refractivity contribution in [1.29, 1.82) is 0 Å². The van der Waals surface area contributed by atoms with Gasteiger partial charge in [-0.2, -0.15) is 0 Å². The Morgan fingerprint density at radius 1 is 1.38 bits per heavy atom. The average molecular weight is 359 g/mol. The second-order valence-electron chi connectivity index (χ2n) is 7.24. The van der Waals surface area contributed by atoms with E-state index >= 15 is 0 Å². The van der Waals surface area contributed by atoms with Gasteiger partial charge in [-0.05, 0) is 33.3 Å². The quantitative estimate of drug-likeness (QED) is 0.662. The van der Waals surface area contributed by atoms with Crippen LogP contribution in [-0.2, 0) is 4.74 Å². The number of aromatic nitrogens is 2. The van der Waals surface area contributed by atoms with Crippen LogP contribution in [0.2, 0.25) is 0 Å². The molecule has 0 radical (unpaired) electrons. The monoisotopic (exact) mass is 359 g/mol. The number of carbonyl (C=O) groups excluding carboxylic acids is 1. The Labute approximate surface area is 150 Å². The fraction of sp³-hybridized carbons (Fsp3) is 0.471. The van der Waals surface area contributed by atoms with E-state index in [0.717, 1.165) is 6.42 Å². The van der Waals surface area contributed by atoms with Crippen LogP contribution in [0, 0.1) is 10.1 Å². The van der Waals surface area contributed by atoms with Gasteiger partial charge < -0.3 is 15.0 Å². The number of benzene rings is 1. The van der Waals surface area contributed by atoms with Gasteiger partial charge in [0.1, 0.15) is 11.4 Å². The van der Waals surface area contributed by atoms with E-state index in [-0.39, 0.29) is 17.8 Å². The van der Waals surface area contributed by atoms with E-state index in [2.05, 4.69) is 15.3 Å². The number of rotatable bonds is 3. The molecule has 0 aliphatic carbocycles. The third kappa shape index (κ3) is 4.16. The van der Waals surface area contributed by atoms with Crippen LogP contribution in [0.15, 0.2) is 24.4 Å². The predicted molar refractivity (Wildman–Crippen MR) is 96.0 cm³/mol. The highest BCUT2D eigenvalue weighted by molar-refractivity contribution is 5.78. The van der Waals surface area contributed by atoms with Crippen LogP contribution in [0.5, 0.6) is 0 Å². The van der Waals surface area contributed by atoms with Gasteiger partial charge in [0.15, 0.2) is 0 Å². The molecule has 9 heteroatoms. The molecule has 0 bridgehead atoms. The summed E-state index contributed by atoms with van der Waals surface area (Å²) >= 11 is 0. The van der Waals surface area contributed by atoms with Crippen molar-refractivity contribution in [1.82, 2.24) is 14.9 Å². The maximum atomic E-state index is 12.1. The fourth-order valence-electron chi connectivity index (χ4n) is 2.76. The maximum absolute atomic E-state index is 12.1. The van der Waals surface area contributed by atoms with Gasteiger partial charge in [0.25, 0.3) is 5.69 Å². The van der Waals surface area contributed by atoms with E-state index in [4.69, 9.17) is 4.74 Å². The number of nitro benzene ring substituents is 1. The Kier molecular flexibility index (Phi) is 4.62. The molecule has 1 aromatic heterocycles. The van der Waals surface area contributed by atoms with Crippen molar-refractivity contribution in [2.45, 2.75) is 38.8 Å². The molecule has 1 fully saturated rings. The maximum Gasteiger partial charge on any atom is 0.410 e. The van der Waals surface area contributed by atoms with Crippen molar-refractivity contribution in [3.05, 3.63) is 34.5 Å². The molecule has 9 nitrogen and oxygen atoms in total. The molecule has 0 saturated carbocycles. The minimum Gasteiger partial charge on any atom is -0.444 e. The zero-order valence-corrected chi connectivity index (χ0v) is 14.9. The molecule has 0 spiro atoms. The van der Waals surface area contributed by atoms with Crippen molar-refractivity contribution in [2.75, 3.05) is 18.4 Å². The minimum atomic E-state index is -0.519. The van der Waals surface area contributed by atoms with E-state index in [1.54, 1.807) is 17.2 Å². The van der Waals surface area contributed by atoms with Crippen LogP contribution < -0.4 is 5.32 Å². The van der Waals surface area contributed by atoms with Crippen LogP contribution in [-0.4, -0.2) is 50.6 Å². The summed E-state index contributed by atoms with van der Waals surface area (Å²) in [5, 5.41) is 14.1. The first-order valence-electron chi connectivity index (χ1n) is 8.37. The SMILES string of the molecule is CC(C)(C)OC(=O)N1CC[C@H](Nc2cnc3cc([N+](=O)[O-])ccc3n2)C1. The van der Waals surface area contributed by atoms with E-state index in [9.17, 15) is 14.9 Å². The highest BCUT2D eigenvalue weighted by Gasteiger charge is 2.29. The van der Waals surface area contributed by atoms with Gasteiger partial charge in [-0.1, -0.05) is 0 Å². The molecular formula is C17H21N5O4. The zero-order chi connectivity index (χ0) is 18.9. The second kappa shape index (κ2) is 6.74. The van der Waals surface area contributed by atoms with Crippen molar-refractivity contribution < 1.29 is 14.5 Å². The molecule has 1 aliphatic heterocycles. The number of nitrogens with one attached hydrogen (secondary N) is 1. The van der Waals surface area contributed by atoms with E-state index in [0.29, 0.717) is 29.9 Å². The Morgan fingerprint density at radius 2 is 2.15 bits per heavy atom. The van der Waals surface area contributed by atoms with Gasteiger partial charge in [0.05, 0.1) is 22.2 Å². The second-order valence-corrected chi connectivity index (χ2v) is 7.24. The van der Waals surface area contributed by atoms with Gasteiger partial charge in [0.2, 0.25) is 0 Å². The topological polar surface area (TPSA) is 110 Å². The van der Waals surface area contributed by atoms with Gasteiger partial charge >= 0.3 is 6.09 Å². The molecule has 1 amide bonds. The average Bonchev–Trinajstić information content (AvgIpc) is 3.01. The van der Waals surface area contributed by atoms with E-state index in [1.165, 1.54) is 12.1 Å². The smallest absolute Gasteiger partial charge is 0.410 e. The summed E-state index contributed by atoms with van der Waals surface area (Å²) in [5.74, 6) is 0.572. The lowest BCUT2D eigenvalue weighted by molar-refractivity contribution is -0.384. The lowest BCUT2D eigenvalue weighted by Gasteiger charge is -2.24. The first-order chi connectivity index (χ1) is 12.2. The van der Waals surface area contributed by atoms with Crippen LogP contribution in [0.4, 0.5) is 16.3 Å². The molecule has 1 saturated heterocycles. The van der Waals surface area contributed by atoms with Gasteiger partial charge in [-0.3, -0.25) is 15.1 Å². The van der Waals surface area contributed by atoms with Gasteiger partial charge in [-0.25, -0.2) is 9.78 Å². The molecule has 2 aromatic rings. The minimum absolute atomic E-state index is 0.0173. The molecule has 2 heterocycles. The predicted octanol–water partition coefficient (Wildman–Crippen LogP) is 2.96. The summed E-state index contributed by atoms with van der Waals surface area (Å²) in [6.07, 6.45) is 2.00. The fourth-order valence-corrected chi connectivity index (χ4v) is 2.76. The highest BCUT2D eigenvalue weighted by atomic mass is 16.6. The van der Waals surface area contributed by atoms with Crippen molar-refractivity contribution in [3.63, 3.8) is 0 Å². The summed E-state index contributed by atoms with van der Waals surface area (Å²) in [7, 11) is 0. The lowest BCUT2D eigenvalue weighted by atomic mass is 10.2. The standard InChI is InChI=1S/C17H21N5O4/c1-17(2,3)26-16(23)21-7-6-11(10-21)19-15-9-18-14-8-12(22(24)25)4-5-13(14)20-15/h4-5,8-9,11H,6-7,10H2,1-3H3,(H,19,20)/t11-/m0/s1. The number of nitrogens with zero attached hydrogens (tertiary/aromatic N) is 4. The molecule has 1 atom stereocenters. The number of hydrogen-bond acceptors (Lipinski definition) is 7. The largest absolute Gasteiger partial charge is 0.444 e. The molecule has 0 unspecified atom stereocenters. The summed E-state index contributed by atoms with van der Waals surface area (Å²) < 4.78 is 5.38.